The number of carbonyl (C=O) groups excluding carboxylic acids is 1. The maximum Gasteiger partial charge on any atom is 0.224 e. The summed E-state index contributed by atoms with van der Waals surface area (Å²) < 4.78 is 5.13. The van der Waals surface area contributed by atoms with Crippen molar-refractivity contribution in [2.75, 3.05) is 7.11 Å². The van der Waals surface area contributed by atoms with Gasteiger partial charge in [-0.1, -0.05) is 36.4 Å². The highest BCUT2D eigenvalue weighted by Crippen LogP contribution is 2.25. The van der Waals surface area contributed by atoms with Crippen molar-refractivity contribution in [1.82, 2.24) is 5.32 Å². The summed E-state index contributed by atoms with van der Waals surface area (Å²) in [5.41, 5.74) is 4.46. The van der Waals surface area contributed by atoms with Crippen molar-refractivity contribution >= 4 is 17.2 Å². The fraction of sp³-hybridized carbons (Fsp3) is 0.150. The lowest BCUT2D eigenvalue weighted by Crippen LogP contribution is -2.24. The van der Waals surface area contributed by atoms with Crippen molar-refractivity contribution in [3.63, 3.8) is 0 Å². The summed E-state index contributed by atoms with van der Waals surface area (Å²) in [6, 6.07) is 17.8. The van der Waals surface area contributed by atoms with Gasteiger partial charge in [-0.25, -0.2) is 0 Å². The van der Waals surface area contributed by atoms with E-state index in [0.29, 0.717) is 13.0 Å². The summed E-state index contributed by atoms with van der Waals surface area (Å²) in [6.07, 6.45) is 0.366. The number of hydrogen-bond donors (Lipinski definition) is 1. The van der Waals surface area contributed by atoms with Gasteiger partial charge in [-0.2, -0.15) is 11.3 Å². The van der Waals surface area contributed by atoms with Crippen LogP contribution in [0.1, 0.15) is 11.1 Å². The molecule has 1 aromatic heterocycles. The molecule has 122 valence electrons. The average Bonchev–Trinajstić information content (AvgIpc) is 3.15. The normalized spacial score (nSPS) is 10.4. The maximum atomic E-state index is 12.2. The van der Waals surface area contributed by atoms with E-state index in [1.807, 2.05) is 36.4 Å². The van der Waals surface area contributed by atoms with E-state index in [9.17, 15) is 4.79 Å². The summed E-state index contributed by atoms with van der Waals surface area (Å²) in [4.78, 5) is 12.2. The molecule has 0 saturated carbocycles. The fourth-order valence-corrected chi connectivity index (χ4v) is 3.21. The third-order valence-corrected chi connectivity index (χ3v) is 4.53. The number of benzene rings is 2. The summed E-state index contributed by atoms with van der Waals surface area (Å²) in [6.45, 7) is 0.529. The van der Waals surface area contributed by atoms with Crippen molar-refractivity contribution < 1.29 is 9.53 Å². The fourth-order valence-electron chi connectivity index (χ4n) is 2.56. The summed E-state index contributed by atoms with van der Waals surface area (Å²) in [7, 11) is 1.63. The van der Waals surface area contributed by atoms with Crippen LogP contribution in [-0.4, -0.2) is 13.0 Å². The third kappa shape index (κ3) is 4.03. The predicted molar refractivity (Wildman–Crippen MR) is 98.3 cm³/mol. The first-order valence-corrected chi connectivity index (χ1v) is 8.70. The van der Waals surface area contributed by atoms with Crippen LogP contribution in [0.4, 0.5) is 0 Å². The van der Waals surface area contributed by atoms with E-state index in [1.54, 1.807) is 18.4 Å². The molecule has 0 saturated heterocycles. The number of thiophene rings is 1. The minimum absolute atomic E-state index is 0.0142. The minimum Gasteiger partial charge on any atom is -0.497 e. The summed E-state index contributed by atoms with van der Waals surface area (Å²) in [5.74, 6) is 0.809. The first kappa shape index (κ1) is 16.3. The van der Waals surface area contributed by atoms with Gasteiger partial charge in [0.25, 0.3) is 0 Å². The predicted octanol–water partition coefficient (Wildman–Crippen LogP) is 4.28. The lowest BCUT2D eigenvalue weighted by molar-refractivity contribution is -0.120. The van der Waals surface area contributed by atoms with Crippen LogP contribution in [0.3, 0.4) is 0 Å². The van der Waals surface area contributed by atoms with E-state index < -0.39 is 0 Å². The summed E-state index contributed by atoms with van der Waals surface area (Å²) >= 11 is 1.67. The van der Waals surface area contributed by atoms with Gasteiger partial charge >= 0.3 is 0 Å². The Balaban J connectivity index is 1.62. The lowest BCUT2D eigenvalue weighted by Gasteiger charge is -2.10. The van der Waals surface area contributed by atoms with E-state index in [-0.39, 0.29) is 5.91 Å². The molecule has 0 aliphatic rings. The smallest absolute Gasteiger partial charge is 0.224 e. The van der Waals surface area contributed by atoms with E-state index in [4.69, 9.17) is 4.74 Å². The van der Waals surface area contributed by atoms with Crippen molar-refractivity contribution in [3.05, 3.63) is 76.5 Å². The van der Waals surface area contributed by atoms with Gasteiger partial charge in [0.1, 0.15) is 5.75 Å². The number of methoxy groups -OCH3 is 1. The number of ether oxygens (including phenoxy) is 1. The molecule has 0 aliphatic heterocycles. The van der Waals surface area contributed by atoms with Gasteiger partial charge in [-0.15, -0.1) is 0 Å². The molecular formula is C20H19NO2S. The summed E-state index contributed by atoms with van der Waals surface area (Å²) in [5, 5.41) is 7.20. The second-order valence-corrected chi connectivity index (χ2v) is 6.25. The van der Waals surface area contributed by atoms with Crippen LogP contribution in [0, 0.1) is 0 Å². The van der Waals surface area contributed by atoms with Gasteiger partial charge in [-0.05, 0) is 51.2 Å². The van der Waals surface area contributed by atoms with Gasteiger partial charge in [0, 0.05) is 6.54 Å². The topological polar surface area (TPSA) is 38.3 Å². The number of carbonyl (C=O) groups is 1. The highest BCUT2D eigenvalue weighted by Gasteiger charge is 2.08. The molecule has 3 rings (SSSR count). The molecule has 3 aromatic rings. The molecule has 0 atom stereocenters. The van der Waals surface area contributed by atoms with Crippen LogP contribution in [0.5, 0.6) is 5.75 Å². The van der Waals surface area contributed by atoms with Gasteiger partial charge in [0.15, 0.2) is 0 Å². The zero-order valence-corrected chi connectivity index (χ0v) is 14.3. The molecule has 1 amide bonds. The number of nitrogens with one attached hydrogen (secondary N) is 1. The van der Waals surface area contributed by atoms with Crippen LogP contribution in [0.2, 0.25) is 0 Å². The number of amides is 1. The molecule has 0 fully saturated rings. The molecule has 1 heterocycles. The monoisotopic (exact) mass is 337 g/mol. The third-order valence-electron chi connectivity index (χ3n) is 3.85. The largest absolute Gasteiger partial charge is 0.497 e. The molecule has 1 N–H and O–H groups in total. The van der Waals surface area contributed by atoms with Crippen LogP contribution in [-0.2, 0) is 17.8 Å². The number of hydrogen-bond acceptors (Lipinski definition) is 3. The van der Waals surface area contributed by atoms with Crippen molar-refractivity contribution in [2.45, 2.75) is 13.0 Å². The van der Waals surface area contributed by atoms with Gasteiger partial charge < -0.3 is 10.1 Å². The number of rotatable bonds is 6. The Hall–Kier alpha value is -2.59. The molecule has 24 heavy (non-hydrogen) atoms. The SMILES string of the molecule is COc1ccc(CC(=O)NCc2ccccc2-c2ccsc2)cc1. The molecule has 2 aromatic carbocycles. The zero-order valence-electron chi connectivity index (χ0n) is 13.5. The molecule has 0 radical (unpaired) electrons. The standard InChI is InChI=1S/C20H19NO2S/c1-23-18-8-6-15(7-9-18)12-20(22)21-13-16-4-2-3-5-19(16)17-10-11-24-14-17/h2-11,14H,12-13H2,1H3,(H,21,22). The second-order valence-electron chi connectivity index (χ2n) is 5.47. The lowest BCUT2D eigenvalue weighted by atomic mass is 10.0. The molecule has 4 heteroatoms. The molecular weight excluding hydrogens is 318 g/mol. The second kappa shape index (κ2) is 7.79. The Kier molecular flexibility index (Phi) is 5.29. The van der Waals surface area contributed by atoms with Gasteiger partial charge in [0.2, 0.25) is 5.91 Å². The quantitative estimate of drug-likeness (QED) is 0.729. The molecule has 0 spiro atoms. The Morgan fingerprint density at radius 2 is 1.88 bits per heavy atom. The first-order valence-electron chi connectivity index (χ1n) is 7.76. The minimum atomic E-state index is 0.0142. The Morgan fingerprint density at radius 1 is 1.08 bits per heavy atom. The maximum absolute atomic E-state index is 12.2. The van der Waals surface area contributed by atoms with E-state index in [2.05, 4.69) is 34.3 Å². The van der Waals surface area contributed by atoms with Crippen molar-refractivity contribution in [1.29, 1.82) is 0 Å². The van der Waals surface area contributed by atoms with Crippen molar-refractivity contribution in [2.24, 2.45) is 0 Å². The highest BCUT2D eigenvalue weighted by atomic mass is 32.1. The van der Waals surface area contributed by atoms with Crippen LogP contribution in [0.15, 0.2) is 65.4 Å². The van der Waals surface area contributed by atoms with E-state index in [1.165, 1.54) is 11.1 Å². The Labute approximate surface area is 145 Å². The van der Waals surface area contributed by atoms with Gasteiger partial charge in [-0.3, -0.25) is 4.79 Å². The highest BCUT2D eigenvalue weighted by molar-refractivity contribution is 7.08. The van der Waals surface area contributed by atoms with Gasteiger partial charge in [0.05, 0.1) is 13.5 Å². The Bertz CT molecular complexity index is 795. The molecule has 0 bridgehead atoms. The van der Waals surface area contributed by atoms with E-state index >= 15 is 0 Å². The molecule has 3 nitrogen and oxygen atoms in total. The van der Waals surface area contributed by atoms with E-state index in [0.717, 1.165) is 16.9 Å². The van der Waals surface area contributed by atoms with Crippen LogP contribution < -0.4 is 10.1 Å². The zero-order chi connectivity index (χ0) is 16.8. The van der Waals surface area contributed by atoms with Crippen LogP contribution >= 0.6 is 11.3 Å². The molecule has 0 unspecified atom stereocenters. The van der Waals surface area contributed by atoms with Crippen LogP contribution in [0.25, 0.3) is 11.1 Å². The van der Waals surface area contributed by atoms with Crippen molar-refractivity contribution in [3.8, 4) is 16.9 Å². The Morgan fingerprint density at radius 3 is 2.58 bits per heavy atom. The first-order chi connectivity index (χ1) is 11.8. The molecule has 0 aliphatic carbocycles. The average molecular weight is 337 g/mol.